The summed E-state index contributed by atoms with van der Waals surface area (Å²) in [7, 11) is 0. The minimum atomic E-state index is -0.926. The molecule has 0 radical (unpaired) electrons. The SMILES string of the molecule is CCC(C)C(N)c1c(F)cc(F)cc1F. The standard InChI is InChI=1S/C11H14F3N/c1-3-6(2)11(15)10-8(13)4-7(12)5-9(10)14/h4-6,11H,3,15H2,1-2H3. The van der Waals surface area contributed by atoms with Gasteiger partial charge in [-0.25, -0.2) is 13.2 Å². The molecule has 2 unspecified atom stereocenters. The maximum absolute atomic E-state index is 13.3. The van der Waals surface area contributed by atoms with E-state index in [0.717, 1.165) is 0 Å². The first-order chi connectivity index (χ1) is 6.97. The zero-order valence-electron chi connectivity index (χ0n) is 8.73. The molecule has 1 aromatic rings. The van der Waals surface area contributed by atoms with Crippen molar-refractivity contribution < 1.29 is 13.2 Å². The highest BCUT2D eigenvalue weighted by atomic mass is 19.1. The van der Waals surface area contributed by atoms with Gasteiger partial charge < -0.3 is 5.73 Å². The monoisotopic (exact) mass is 217 g/mol. The van der Waals surface area contributed by atoms with Crippen molar-refractivity contribution in [3.8, 4) is 0 Å². The van der Waals surface area contributed by atoms with E-state index in [1.54, 1.807) is 6.92 Å². The summed E-state index contributed by atoms with van der Waals surface area (Å²) in [6.45, 7) is 3.68. The van der Waals surface area contributed by atoms with E-state index in [9.17, 15) is 13.2 Å². The first-order valence-corrected chi connectivity index (χ1v) is 4.87. The molecule has 0 heterocycles. The molecule has 0 amide bonds. The second-order valence-corrected chi connectivity index (χ2v) is 3.69. The maximum atomic E-state index is 13.3. The molecule has 15 heavy (non-hydrogen) atoms. The van der Waals surface area contributed by atoms with Crippen LogP contribution in [0.4, 0.5) is 13.2 Å². The van der Waals surface area contributed by atoms with Gasteiger partial charge in [-0.2, -0.15) is 0 Å². The van der Waals surface area contributed by atoms with Crippen LogP contribution in [0, 0.1) is 23.4 Å². The third-order valence-electron chi connectivity index (χ3n) is 2.63. The van der Waals surface area contributed by atoms with Crippen LogP contribution in [0.1, 0.15) is 31.9 Å². The number of hydrogen-bond acceptors (Lipinski definition) is 1. The normalized spacial score (nSPS) is 15.1. The van der Waals surface area contributed by atoms with E-state index in [4.69, 9.17) is 5.73 Å². The summed E-state index contributed by atoms with van der Waals surface area (Å²) in [4.78, 5) is 0. The van der Waals surface area contributed by atoms with Gasteiger partial charge in [-0.1, -0.05) is 20.3 Å². The summed E-state index contributed by atoms with van der Waals surface area (Å²) < 4.78 is 39.2. The number of halogens is 3. The lowest BCUT2D eigenvalue weighted by atomic mass is 9.92. The second-order valence-electron chi connectivity index (χ2n) is 3.69. The number of rotatable bonds is 3. The van der Waals surface area contributed by atoms with Crippen LogP contribution in [0.5, 0.6) is 0 Å². The fraction of sp³-hybridized carbons (Fsp3) is 0.455. The van der Waals surface area contributed by atoms with E-state index in [1.165, 1.54) is 0 Å². The van der Waals surface area contributed by atoms with Gasteiger partial charge >= 0.3 is 0 Å². The Bertz CT molecular complexity index is 329. The van der Waals surface area contributed by atoms with Crippen LogP contribution < -0.4 is 5.73 Å². The molecule has 0 fully saturated rings. The Morgan fingerprint density at radius 2 is 1.67 bits per heavy atom. The molecule has 2 atom stereocenters. The lowest BCUT2D eigenvalue weighted by molar-refractivity contribution is 0.415. The molecular weight excluding hydrogens is 203 g/mol. The molecule has 0 spiro atoms. The van der Waals surface area contributed by atoms with E-state index in [-0.39, 0.29) is 11.5 Å². The average Bonchev–Trinajstić information content (AvgIpc) is 2.14. The molecule has 0 aliphatic rings. The minimum absolute atomic E-state index is 0.0561. The predicted molar refractivity (Wildman–Crippen MR) is 52.7 cm³/mol. The highest BCUT2D eigenvalue weighted by Gasteiger charge is 2.21. The Kier molecular flexibility index (Phi) is 3.74. The fourth-order valence-corrected chi connectivity index (χ4v) is 1.41. The Morgan fingerprint density at radius 3 is 2.07 bits per heavy atom. The lowest BCUT2D eigenvalue weighted by Gasteiger charge is -2.19. The molecule has 0 saturated carbocycles. The Hall–Kier alpha value is -1.03. The molecule has 0 aliphatic heterocycles. The molecule has 0 saturated heterocycles. The van der Waals surface area contributed by atoms with Crippen molar-refractivity contribution in [3.63, 3.8) is 0 Å². The van der Waals surface area contributed by atoms with Crippen LogP contribution >= 0.6 is 0 Å². The van der Waals surface area contributed by atoms with Gasteiger partial charge in [0.05, 0.1) is 0 Å². The zero-order chi connectivity index (χ0) is 11.6. The Balaban J connectivity index is 3.13. The van der Waals surface area contributed by atoms with Gasteiger partial charge in [0.1, 0.15) is 17.5 Å². The third-order valence-corrected chi connectivity index (χ3v) is 2.63. The van der Waals surface area contributed by atoms with Crippen LogP contribution in [0.15, 0.2) is 12.1 Å². The summed E-state index contributed by atoms with van der Waals surface area (Å²) >= 11 is 0. The largest absolute Gasteiger partial charge is 0.324 e. The minimum Gasteiger partial charge on any atom is -0.324 e. The van der Waals surface area contributed by atoms with Gasteiger partial charge in [0.2, 0.25) is 0 Å². The molecule has 1 rings (SSSR count). The van der Waals surface area contributed by atoms with Crippen molar-refractivity contribution in [2.75, 3.05) is 0 Å². The summed E-state index contributed by atoms with van der Waals surface area (Å²) in [5.74, 6) is -2.81. The fourth-order valence-electron chi connectivity index (χ4n) is 1.41. The molecule has 84 valence electrons. The summed E-state index contributed by atoms with van der Waals surface area (Å²) in [5, 5.41) is 0. The van der Waals surface area contributed by atoms with E-state index in [1.807, 2.05) is 6.92 Å². The molecule has 2 N–H and O–H groups in total. The number of benzene rings is 1. The van der Waals surface area contributed by atoms with E-state index < -0.39 is 23.5 Å². The highest BCUT2D eigenvalue weighted by Crippen LogP contribution is 2.27. The summed E-state index contributed by atoms with van der Waals surface area (Å²) in [6, 6.07) is 0.567. The average molecular weight is 217 g/mol. The second kappa shape index (κ2) is 4.66. The Labute approximate surface area is 87.1 Å². The van der Waals surface area contributed by atoms with Gasteiger partial charge in [-0.3, -0.25) is 0 Å². The first-order valence-electron chi connectivity index (χ1n) is 4.87. The van der Waals surface area contributed by atoms with E-state index >= 15 is 0 Å². The zero-order valence-corrected chi connectivity index (χ0v) is 8.73. The van der Waals surface area contributed by atoms with Crippen molar-refractivity contribution in [3.05, 3.63) is 35.1 Å². The molecule has 0 bridgehead atoms. The topological polar surface area (TPSA) is 26.0 Å². The number of hydrogen-bond donors (Lipinski definition) is 1. The van der Waals surface area contributed by atoms with Gasteiger partial charge in [0.25, 0.3) is 0 Å². The summed E-state index contributed by atoms with van der Waals surface area (Å²) in [5.41, 5.74) is 5.47. The van der Waals surface area contributed by atoms with Crippen molar-refractivity contribution in [1.29, 1.82) is 0 Å². The quantitative estimate of drug-likeness (QED) is 0.826. The summed E-state index contributed by atoms with van der Waals surface area (Å²) in [6.07, 6.45) is 0.706. The molecular formula is C11H14F3N. The van der Waals surface area contributed by atoms with Crippen LogP contribution in [0.25, 0.3) is 0 Å². The van der Waals surface area contributed by atoms with Crippen molar-refractivity contribution in [1.82, 2.24) is 0 Å². The van der Waals surface area contributed by atoms with Gasteiger partial charge in [-0.15, -0.1) is 0 Å². The predicted octanol–water partition coefficient (Wildman–Crippen LogP) is 3.15. The van der Waals surface area contributed by atoms with Crippen molar-refractivity contribution >= 4 is 0 Å². The third kappa shape index (κ3) is 2.50. The molecule has 1 nitrogen and oxygen atoms in total. The first kappa shape index (κ1) is 12.0. The maximum Gasteiger partial charge on any atom is 0.133 e. The van der Waals surface area contributed by atoms with Gasteiger partial charge in [-0.05, 0) is 5.92 Å². The van der Waals surface area contributed by atoms with Gasteiger partial charge in [0, 0.05) is 23.7 Å². The highest BCUT2D eigenvalue weighted by molar-refractivity contribution is 5.24. The van der Waals surface area contributed by atoms with Crippen LogP contribution in [0.3, 0.4) is 0 Å². The smallest absolute Gasteiger partial charge is 0.133 e. The van der Waals surface area contributed by atoms with Crippen LogP contribution in [-0.4, -0.2) is 0 Å². The molecule has 0 aromatic heterocycles. The Morgan fingerprint density at radius 1 is 1.20 bits per heavy atom. The molecule has 0 aliphatic carbocycles. The lowest BCUT2D eigenvalue weighted by Crippen LogP contribution is -2.21. The van der Waals surface area contributed by atoms with Crippen LogP contribution in [0.2, 0.25) is 0 Å². The van der Waals surface area contributed by atoms with Crippen LogP contribution in [-0.2, 0) is 0 Å². The van der Waals surface area contributed by atoms with E-state index in [2.05, 4.69) is 0 Å². The van der Waals surface area contributed by atoms with Crippen molar-refractivity contribution in [2.45, 2.75) is 26.3 Å². The molecule has 1 aromatic carbocycles. The number of nitrogens with two attached hydrogens (primary N) is 1. The van der Waals surface area contributed by atoms with Crippen molar-refractivity contribution in [2.24, 2.45) is 11.7 Å². The molecule has 4 heteroatoms. The van der Waals surface area contributed by atoms with Gasteiger partial charge in [0.15, 0.2) is 0 Å². The van der Waals surface area contributed by atoms with E-state index in [0.29, 0.717) is 18.6 Å².